The van der Waals surface area contributed by atoms with Crippen molar-refractivity contribution in [1.82, 2.24) is 9.97 Å². The minimum atomic E-state index is -2.09. The zero-order valence-corrected chi connectivity index (χ0v) is 30.1. The minimum absolute atomic E-state index is 0. The van der Waals surface area contributed by atoms with Crippen LogP contribution in [0.4, 0.5) is 22.7 Å². The van der Waals surface area contributed by atoms with Crippen LogP contribution >= 0.6 is 0 Å². The average molecular weight is 808 g/mol. The van der Waals surface area contributed by atoms with Gasteiger partial charge in [-0.05, 0) is 76.5 Å². The van der Waals surface area contributed by atoms with Gasteiger partial charge in [0, 0.05) is 70.5 Å². The van der Waals surface area contributed by atoms with Crippen molar-refractivity contribution < 1.29 is 27.0 Å². The van der Waals surface area contributed by atoms with E-state index in [1.165, 1.54) is 39.6 Å². The Labute approximate surface area is 306 Å². The third kappa shape index (κ3) is 6.48. The van der Waals surface area contributed by atoms with Gasteiger partial charge in [-0.3, -0.25) is 0 Å². The summed E-state index contributed by atoms with van der Waals surface area (Å²) in [5.74, 6) is 0. The van der Waals surface area contributed by atoms with Gasteiger partial charge in [-0.2, -0.15) is 0 Å². The molecule has 2 aliphatic rings. The summed E-state index contributed by atoms with van der Waals surface area (Å²) in [4.78, 5) is 13.3. The maximum Gasteiger partial charge on any atom is 0.233 e. The summed E-state index contributed by atoms with van der Waals surface area (Å²) < 4.78 is 39.2. The number of pyridine rings is 2. The monoisotopic (exact) mass is 808 g/mol. The van der Waals surface area contributed by atoms with E-state index < -0.39 is 18.6 Å². The molecule has 0 unspecified atom stereocenters. The van der Waals surface area contributed by atoms with Crippen LogP contribution in [0.1, 0.15) is 38.8 Å². The van der Waals surface area contributed by atoms with Gasteiger partial charge in [0.05, 0.1) is 0 Å². The number of aryl methyl sites for hydroxylation is 1. The van der Waals surface area contributed by atoms with E-state index in [9.17, 15) is 0 Å². The third-order valence-electron chi connectivity index (χ3n) is 8.62. The van der Waals surface area contributed by atoms with Crippen LogP contribution in [0.25, 0.3) is 22.5 Å². The van der Waals surface area contributed by atoms with Gasteiger partial charge >= 0.3 is 0 Å². The molecule has 0 bridgehead atoms. The van der Waals surface area contributed by atoms with E-state index >= 15 is 0 Å². The molecule has 4 nitrogen and oxygen atoms in total. The van der Waals surface area contributed by atoms with E-state index in [4.69, 9.17) is 6.85 Å². The number of aromatic nitrogens is 2. The molecule has 6 heteroatoms. The second kappa shape index (κ2) is 13.5. The normalized spacial score (nSPS) is 14.7. The standard InChI is InChI=1S/C30H29BN3.C12H10N.Ir/c1-30(2,3)19-20-15-16-32-24(17-20)21-13-14-26-23(18-21)31-22-9-6-7-10-25(22)33(4)27-11-8-12-28(29(27)31)34(26)5;1-10-7-8-12(13-9-10)11-5-3-2-4-6-11;/h6-12,14-18H,19H2,1-5H3;2-5,7-9H,1H3;/q2*-1;/i19D2;1D3;. The summed E-state index contributed by atoms with van der Waals surface area (Å²) in [5.41, 5.74) is 12.2. The molecule has 0 saturated heterocycles. The summed E-state index contributed by atoms with van der Waals surface area (Å²) in [7, 11) is 4.26. The van der Waals surface area contributed by atoms with Crippen LogP contribution in [-0.4, -0.2) is 30.8 Å². The summed E-state index contributed by atoms with van der Waals surface area (Å²) in [6.07, 6.45) is 1.62. The van der Waals surface area contributed by atoms with E-state index in [1.807, 2.05) is 45.0 Å². The van der Waals surface area contributed by atoms with Gasteiger partial charge in [-0.25, -0.2) is 0 Å². The maximum atomic E-state index is 8.75. The second-order valence-electron chi connectivity index (χ2n) is 13.0. The summed E-state index contributed by atoms with van der Waals surface area (Å²) in [5, 5.41) is 0. The van der Waals surface area contributed by atoms with Crippen LogP contribution in [0, 0.1) is 24.4 Å². The Morgan fingerprint density at radius 3 is 2.21 bits per heavy atom. The molecule has 0 aliphatic carbocycles. The number of para-hydroxylation sites is 1. The molecule has 2 aliphatic heterocycles. The van der Waals surface area contributed by atoms with Crippen LogP contribution in [0.5, 0.6) is 0 Å². The van der Waals surface area contributed by atoms with Crippen molar-refractivity contribution in [2.75, 3.05) is 23.9 Å². The average Bonchev–Trinajstić information content (AvgIpc) is 3.14. The van der Waals surface area contributed by atoms with E-state index in [-0.39, 0.29) is 32.4 Å². The smallest absolute Gasteiger partial charge is 0.233 e. The fourth-order valence-electron chi connectivity index (χ4n) is 6.56. The topological polar surface area (TPSA) is 32.3 Å². The molecule has 0 N–H and O–H groups in total. The maximum absolute atomic E-state index is 8.75. The molecule has 1 radical (unpaired) electrons. The summed E-state index contributed by atoms with van der Waals surface area (Å²) >= 11 is 0. The first-order chi connectivity index (χ1) is 24.7. The Balaban J connectivity index is 0.000000238. The van der Waals surface area contributed by atoms with Gasteiger partial charge in [0.2, 0.25) is 6.71 Å². The fraction of sp³-hybridized carbons (Fsp3) is 0.190. The van der Waals surface area contributed by atoms with Crippen LogP contribution in [0.2, 0.25) is 0 Å². The second-order valence-corrected chi connectivity index (χ2v) is 13.0. The fourth-order valence-corrected chi connectivity index (χ4v) is 6.56. The van der Waals surface area contributed by atoms with E-state index in [1.54, 1.807) is 30.5 Å². The number of nitrogens with zero attached hydrogens (tertiary/aromatic N) is 4. The van der Waals surface area contributed by atoms with E-state index in [0.717, 1.165) is 28.2 Å². The molecule has 48 heavy (non-hydrogen) atoms. The van der Waals surface area contributed by atoms with Gasteiger partial charge in [0.15, 0.2) is 0 Å². The van der Waals surface area contributed by atoms with Crippen LogP contribution < -0.4 is 26.2 Å². The van der Waals surface area contributed by atoms with Crippen molar-refractivity contribution in [2.24, 2.45) is 5.41 Å². The Morgan fingerprint density at radius 1 is 0.750 bits per heavy atom. The van der Waals surface area contributed by atoms with Gasteiger partial charge in [0.1, 0.15) is 0 Å². The Bertz CT molecular complexity index is 2240. The number of anilines is 4. The molecule has 6 aromatic rings. The predicted molar refractivity (Wildman–Crippen MR) is 199 cm³/mol. The molecule has 8 rings (SSSR count). The predicted octanol–water partition coefficient (Wildman–Crippen LogP) is 7.67. The zero-order chi connectivity index (χ0) is 37.0. The molecule has 4 heterocycles. The SMILES string of the molecule is [2H]C([2H])([2H])c1ccc(-c2[c-]cccc2)nc1.[2H]C([2H])(c1ccnc(-c2[c-]cc3c(c2)B2c4ccccc4N(C)c4cccc(c42)N3C)c1)C(C)(C)C.[Ir]. The van der Waals surface area contributed by atoms with Crippen molar-refractivity contribution in [3.8, 4) is 22.5 Å². The van der Waals surface area contributed by atoms with Gasteiger partial charge in [-0.15, -0.1) is 65.1 Å². The molecule has 0 amide bonds. The quantitative estimate of drug-likeness (QED) is 0.136. The first-order valence-corrected chi connectivity index (χ1v) is 15.8. The molecule has 4 aromatic carbocycles. The van der Waals surface area contributed by atoms with Crippen LogP contribution in [0.15, 0.2) is 116 Å². The molecular weight excluding hydrogens is 764 g/mol. The molecule has 0 atom stereocenters. The van der Waals surface area contributed by atoms with Crippen LogP contribution in [-0.2, 0) is 26.5 Å². The Kier molecular flexibility index (Phi) is 7.75. The molecule has 2 aromatic heterocycles. The minimum Gasteiger partial charge on any atom is -0.385 e. The van der Waals surface area contributed by atoms with Crippen LogP contribution in [0.3, 0.4) is 0 Å². The Morgan fingerprint density at radius 2 is 1.50 bits per heavy atom. The number of hydrogen-bond donors (Lipinski definition) is 0. The van der Waals surface area contributed by atoms with Crippen molar-refractivity contribution in [3.05, 3.63) is 139 Å². The van der Waals surface area contributed by atoms with Gasteiger partial charge in [-0.1, -0.05) is 68.8 Å². The Hall–Kier alpha value is -4.51. The molecular formula is C42H39BIrN4-2. The van der Waals surface area contributed by atoms with Gasteiger partial charge < -0.3 is 19.8 Å². The zero-order valence-electron chi connectivity index (χ0n) is 32.7. The van der Waals surface area contributed by atoms with E-state index in [0.29, 0.717) is 5.56 Å². The number of fused-ring (bicyclic) bond motifs is 4. The first kappa shape index (κ1) is 27.4. The third-order valence-corrected chi connectivity index (χ3v) is 8.62. The first-order valence-electron chi connectivity index (χ1n) is 18.3. The number of benzene rings is 4. The number of rotatable bonds is 3. The van der Waals surface area contributed by atoms with Crippen molar-refractivity contribution in [3.63, 3.8) is 0 Å². The molecule has 241 valence electrons. The van der Waals surface area contributed by atoms with Crippen molar-refractivity contribution >= 4 is 45.9 Å². The van der Waals surface area contributed by atoms with Gasteiger partial charge in [0.25, 0.3) is 0 Å². The summed E-state index contributed by atoms with van der Waals surface area (Å²) in [6, 6.07) is 40.4. The molecule has 0 spiro atoms. The largest absolute Gasteiger partial charge is 0.385 e. The van der Waals surface area contributed by atoms with Crippen molar-refractivity contribution in [2.45, 2.75) is 34.0 Å². The van der Waals surface area contributed by atoms with E-state index in [2.05, 4.69) is 101 Å². The molecule has 0 saturated carbocycles. The van der Waals surface area contributed by atoms with Crippen molar-refractivity contribution in [1.29, 1.82) is 0 Å². The molecule has 0 fully saturated rings. The summed E-state index contributed by atoms with van der Waals surface area (Å²) in [6.45, 7) is 3.81. The number of hydrogen-bond acceptors (Lipinski definition) is 4.